The van der Waals surface area contributed by atoms with Gasteiger partial charge in [-0.25, -0.2) is 4.79 Å². The summed E-state index contributed by atoms with van der Waals surface area (Å²) in [5.74, 6) is 0.588. The molecule has 11 nitrogen and oxygen atoms in total. The fourth-order valence-corrected chi connectivity index (χ4v) is 2.62. The Morgan fingerprint density at radius 2 is 1.75 bits per heavy atom. The summed E-state index contributed by atoms with van der Waals surface area (Å²) < 4.78 is 5.54. The molecule has 28 heavy (non-hydrogen) atoms. The minimum absolute atomic E-state index is 0.0623. The lowest BCUT2D eigenvalue weighted by Crippen LogP contribution is -2.25. The van der Waals surface area contributed by atoms with E-state index in [1.54, 1.807) is 11.1 Å². The normalized spacial score (nSPS) is 11.0. The maximum absolute atomic E-state index is 11.6. The third-order valence-electron chi connectivity index (χ3n) is 3.60. The Bertz CT molecular complexity index is 1240. The highest BCUT2D eigenvalue weighted by Crippen LogP contribution is 2.31. The van der Waals surface area contributed by atoms with Crippen LogP contribution in [0.3, 0.4) is 0 Å². The van der Waals surface area contributed by atoms with Crippen LogP contribution in [-0.4, -0.2) is 19.8 Å². The highest BCUT2D eigenvalue weighted by atomic mass is 35.5. The van der Waals surface area contributed by atoms with Gasteiger partial charge in [-0.15, -0.1) is 0 Å². The van der Waals surface area contributed by atoms with Crippen LogP contribution in [-0.2, 0) is 0 Å². The second-order valence-corrected chi connectivity index (χ2v) is 5.79. The Morgan fingerprint density at radius 1 is 1.00 bits per heavy atom. The zero-order chi connectivity index (χ0) is 20.4. The molecule has 0 aliphatic carbocycles. The molecule has 2 heterocycles. The first-order valence-electron chi connectivity index (χ1n) is 7.49. The molecular formula is C16H9ClN4O7. The number of hydrogen-bond acceptors (Lipinski definition) is 7. The van der Waals surface area contributed by atoms with Crippen LogP contribution < -0.4 is 11.2 Å². The monoisotopic (exact) mass is 404 g/mol. The van der Waals surface area contributed by atoms with Gasteiger partial charge >= 0.3 is 16.9 Å². The molecule has 0 spiro atoms. The topological polar surface area (TPSA) is 165 Å². The van der Waals surface area contributed by atoms with Gasteiger partial charge in [-0.2, -0.15) is 0 Å². The molecule has 0 amide bonds. The van der Waals surface area contributed by atoms with Crippen LogP contribution in [0, 0.1) is 20.2 Å². The van der Waals surface area contributed by atoms with Gasteiger partial charge in [0.15, 0.2) is 0 Å². The number of nitrogens with zero attached hydrogens (tertiary/aromatic N) is 2. The fourth-order valence-electron chi connectivity index (χ4n) is 2.37. The molecular weight excluding hydrogens is 396 g/mol. The number of furan rings is 1. The third kappa shape index (κ3) is 3.73. The predicted molar refractivity (Wildman–Crippen MR) is 99.1 cm³/mol. The minimum Gasteiger partial charge on any atom is -0.457 e. The van der Waals surface area contributed by atoms with E-state index in [1.165, 1.54) is 30.3 Å². The third-order valence-corrected chi connectivity index (χ3v) is 3.90. The summed E-state index contributed by atoms with van der Waals surface area (Å²) in [6, 6.07) is 7.14. The number of aromatic amines is 2. The summed E-state index contributed by atoms with van der Waals surface area (Å²) in [6.45, 7) is 0. The number of hydrogen-bond donors (Lipinski definition) is 2. The maximum atomic E-state index is 11.6. The SMILES string of the molecule is O=c1[nH]c(C=Cc2ccc(-c3ccc([N+](=O)[O-])c(Cl)c3)o2)c([N+](=O)[O-])c(=O)[nH]1. The van der Waals surface area contributed by atoms with Crippen LogP contribution in [0.1, 0.15) is 11.5 Å². The first kappa shape index (κ1) is 18.8. The average Bonchev–Trinajstić information content (AvgIpc) is 3.07. The lowest BCUT2D eigenvalue weighted by molar-refractivity contribution is -0.386. The molecule has 0 fully saturated rings. The second-order valence-electron chi connectivity index (χ2n) is 5.39. The number of nitro benzene ring substituents is 1. The second kappa shape index (κ2) is 7.32. The van der Waals surface area contributed by atoms with Gasteiger partial charge in [0, 0.05) is 11.6 Å². The molecule has 0 atom stereocenters. The zero-order valence-corrected chi connectivity index (χ0v) is 14.4. The molecule has 142 valence electrons. The van der Waals surface area contributed by atoms with Gasteiger partial charge in [-0.1, -0.05) is 11.6 Å². The van der Waals surface area contributed by atoms with Gasteiger partial charge in [0.25, 0.3) is 5.69 Å². The van der Waals surface area contributed by atoms with Crippen LogP contribution in [0.2, 0.25) is 5.02 Å². The van der Waals surface area contributed by atoms with Gasteiger partial charge in [0.1, 0.15) is 22.2 Å². The van der Waals surface area contributed by atoms with Crippen LogP contribution in [0.4, 0.5) is 11.4 Å². The van der Waals surface area contributed by atoms with Crippen molar-refractivity contribution in [3.63, 3.8) is 0 Å². The smallest absolute Gasteiger partial charge is 0.357 e. The van der Waals surface area contributed by atoms with E-state index in [1.807, 2.05) is 0 Å². The molecule has 0 saturated carbocycles. The van der Waals surface area contributed by atoms with Gasteiger partial charge in [0.05, 0.1) is 9.85 Å². The Labute approximate surface area is 159 Å². The van der Waals surface area contributed by atoms with E-state index in [4.69, 9.17) is 16.0 Å². The van der Waals surface area contributed by atoms with Crippen molar-refractivity contribution in [2.45, 2.75) is 0 Å². The number of rotatable bonds is 5. The molecule has 0 unspecified atom stereocenters. The largest absolute Gasteiger partial charge is 0.457 e. The van der Waals surface area contributed by atoms with Gasteiger partial charge in [-0.3, -0.25) is 30.0 Å². The van der Waals surface area contributed by atoms with E-state index < -0.39 is 26.8 Å². The van der Waals surface area contributed by atoms with E-state index in [2.05, 4.69) is 4.98 Å². The van der Waals surface area contributed by atoms with Gasteiger partial charge in [0.2, 0.25) is 0 Å². The van der Waals surface area contributed by atoms with E-state index >= 15 is 0 Å². The summed E-state index contributed by atoms with van der Waals surface area (Å²) in [5, 5.41) is 21.8. The number of halogens is 1. The maximum Gasteiger partial charge on any atom is 0.357 e. The van der Waals surface area contributed by atoms with E-state index in [9.17, 15) is 29.8 Å². The van der Waals surface area contributed by atoms with Crippen LogP contribution in [0.25, 0.3) is 23.5 Å². The number of nitrogens with one attached hydrogen (secondary N) is 2. The number of nitro groups is 2. The molecule has 12 heteroatoms. The molecule has 3 aromatic rings. The van der Waals surface area contributed by atoms with Crippen LogP contribution in [0.15, 0.2) is 44.3 Å². The molecule has 2 aromatic heterocycles. The average molecular weight is 405 g/mol. The number of H-pyrrole nitrogens is 2. The van der Waals surface area contributed by atoms with Crippen molar-refractivity contribution in [3.8, 4) is 11.3 Å². The molecule has 1 aromatic carbocycles. The molecule has 0 aliphatic heterocycles. The Kier molecular flexibility index (Phi) is 4.92. The molecule has 0 bridgehead atoms. The quantitative estimate of drug-likeness (QED) is 0.487. The van der Waals surface area contributed by atoms with Crippen molar-refractivity contribution in [1.82, 2.24) is 9.97 Å². The standard InChI is InChI=1S/C16H9ClN4O7/c17-10-7-8(1-5-12(10)20(24)25)13-6-3-9(28-13)2-4-11-14(21(26)27)15(22)19-16(23)18-11/h1-7H,(H2,18,19,22,23). The van der Waals surface area contributed by atoms with Crippen molar-refractivity contribution in [3.05, 3.63) is 87.9 Å². The zero-order valence-electron chi connectivity index (χ0n) is 13.7. The Morgan fingerprint density at radius 3 is 2.39 bits per heavy atom. The minimum atomic E-state index is -1.13. The lowest BCUT2D eigenvalue weighted by atomic mass is 10.1. The van der Waals surface area contributed by atoms with Crippen molar-refractivity contribution in [2.24, 2.45) is 0 Å². The van der Waals surface area contributed by atoms with E-state index in [0.29, 0.717) is 11.3 Å². The first-order valence-corrected chi connectivity index (χ1v) is 7.87. The molecule has 3 rings (SSSR count). The van der Waals surface area contributed by atoms with Crippen LogP contribution >= 0.6 is 11.6 Å². The van der Waals surface area contributed by atoms with Crippen LogP contribution in [0.5, 0.6) is 0 Å². The Hall–Kier alpha value is -3.99. The lowest BCUT2D eigenvalue weighted by Gasteiger charge is -1.99. The fraction of sp³-hybridized carbons (Fsp3) is 0. The van der Waals surface area contributed by atoms with Crippen molar-refractivity contribution < 1.29 is 14.3 Å². The van der Waals surface area contributed by atoms with Gasteiger partial charge < -0.3 is 9.40 Å². The first-order chi connectivity index (χ1) is 13.3. The molecule has 0 saturated heterocycles. The predicted octanol–water partition coefficient (Wildman–Crippen LogP) is 2.96. The summed E-state index contributed by atoms with van der Waals surface area (Å²) in [5.41, 5.74) is -2.90. The highest BCUT2D eigenvalue weighted by Gasteiger charge is 2.19. The van der Waals surface area contributed by atoms with Crippen molar-refractivity contribution >= 4 is 35.1 Å². The summed E-state index contributed by atoms with van der Waals surface area (Å²) in [6.07, 6.45) is 2.47. The number of aromatic nitrogens is 2. The van der Waals surface area contributed by atoms with Crippen molar-refractivity contribution in [1.29, 1.82) is 0 Å². The molecule has 2 N–H and O–H groups in total. The molecule has 0 radical (unpaired) electrons. The summed E-state index contributed by atoms with van der Waals surface area (Å²) >= 11 is 5.87. The summed E-state index contributed by atoms with van der Waals surface area (Å²) in [7, 11) is 0. The number of benzene rings is 1. The molecule has 0 aliphatic rings. The Balaban J connectivity index is 1.93. The van der Waals surface area contributed by atoms with E-state index in [0.717, 1.165) is 6.08 Å². The van der Waals surface area contributed by atoms with Gasteiger partial charge in [-0.05, 0) is 36.4 Å². The highest BCUT2D eigenvalue weighted by molar-refractivity contribution is 6.32. The van der Waals surface area contributed by atoms with Crippen molar-refractivity contribution in [2.75, 3.05) is 0 Å². The van der Waals surface area contributed by atoms with E-state index in [-0.39, 0.29) is 22.2 Å². The summed E-state index contributed by atoms with van der Waals surface area (Å²) in [4.78, 5) is 47.1.